The van der Waals surface area contributed by atoms with Crippen molar-refractivity contribution in [1.29, 1.82) is 0 Å². The maximum atomic E-state index is 13.2. The molecule has 2 unspecified atom stereocenters. The first-order valence-electron chi connectivity index (χ1n) is 11.2. The van der Waals surface area contributed by atoms with Gasteiger partial charge in [0.2, 0.25) is 5.91 Å². The second-order valence-corrected chi connectivity index (χ2v) is 9.25. The van der Waals surface area contributed by atoms with E-state index in [1.54, 1.807) is 11.8 Å². The first-order chi connectivity index (χ1) is 16.5. The summed E-state index contributed by atoms with van der Waals surface area (Å²) in [4.78, 5) is 38.8. The van der Waals surface area contributed by atoms with Crippen molar-refractivity contribution in [3.05, 3.63) is 59.7 Å². The summed E-state index contributed by atoms with van der Waals surface area (Å²) in [6, 6.07) is 14.2. The van der Waals surface area contributed by atoms with E-state index < -0.39 is 30.1 Å². The predicted molar refractivity (Wildman–Crippen MR) is 129 cm³/mol. The molecule has 1 fully saturated rings. The number of benzene rings is 2. The van der Waals surface area contributed by atoms with E-state index in [-0.39, 0.29) is 32.3 Å². The van der Waals surface area contributed by atoms with Crippen molar-refractivity contribution in [2.75, 3.05) is 38.4 Å². The van der Waals surface area contributed by atoms with Gasteiger partial charge in [0.1, 0.15) is 12.6 Å². The van der Waals surface area contributed by atoms with Gasteiger partial charge in [-0.1, -0.05) is 48.5 Å². The van der Waals surface area contributed by atoms with E-state index >= 15 is 0 Å². The fourth-order valence-corrected chi connectivity index (χ4v) is 5.02. The molecule has 1 aliphatic heterocycles. The molecule has 1 heterocycles. The molecule has 0 bridgehead atoms. The number of nitrogens with zero attached hydrogens (tertiary/aromatic N) is 1. The monoisotopic (exact) mass is 484 g/mol. The first kappa shape index (κ1) is 24.1. The summed E-state index contributed by atoms with van der Waals surface area (Å²) in [5.41, 5.74) is 4.47. The number of hydrogen-bond acceptors (Lipinski definition) is 6. The molecular weight excluding hydrogens is 456 g/mol. The zero-order valence-corrected chi connectivity index (χ0v) is 19.8. The maximum Gasteiger partial charge on any atom is 0.407 e. The average molecular weight is 485 g/mol. The Morgan fingerprint density at radius 1 is 1.15 bits per heavy atom. The Morgan fingerprint density at radius 3 is 2.41 bits per heavy atom. The van der Waals surface area contributed by atoms with Crippen LogP contribution in [0.1, 0.15) is 23.5 Å². The smallest absolute Gasteiger partial charge is 0.407 e. The lowest BCUT2D eigenvalue weighted by Gasteiger charge is -2.35. The largest absolute Gasteiger partial charge is 0.480 e. The summed E-state index contributed by atoms with van der Waals surface area (Å²) in [7, 11) is 0. The summed E-state index contributed by atoms with van der Waals surface area (Å²) in [5.74, 6) is -1.02. The molecule has 0 spiro atoms. The molecule has 2 aromatic rings. The summed E-state index contributed by atoms with van der Waals surface area (Å²) in [6.07, 6.45) is 1.58. The molecule has 0 radical (unpaired) electrons. The number of fused-ring (bicyclic) bond motifs is 3. The molecule has 2 aliphatic rings. The molecule has 2 aromatic carbocycles. The van der Waals surface area contributed by atoms with Crippen molar-refractivity contribution in [1.82, 2.24) is 10.2 Å². The van der Waals surface area contributed by atoms with E-state index in [1.807, 2.05) is 42.7 Å². The number of nitrogens with one attached hydrogen (secondary N) is 1. The van der Waals surface area contributed by atoms with Crippen LogP contribution in [0.15, 0.2) is 48.5 Å². The van der Waals surface area contributed by atoms with Crippen molar-refractivity contribution in [2.24, 2.45) is 0 Å². The van der Waals surface area contributed by atoms with Crippen LogP contribution >= 0.6 is 11.8 Å². The third-order valence-corrected chi connectivity index (χ3v) is 6.89. The third kappa shape index (κ3) is 5.05. The minimum atomic E-state index is -1.13. The molecule has 0 aromatic heterocycles. The number of rotatable bonds is 8. The Kier molecular flexibility index (Phi) is 7.74. The quantitative estimate of drug-likeness (QED) is 0.594. The molecule has 2 amide bonds. The second kappa shape index (κ2) is 10.9. The highest BCUT2D eigenvalue weighted by atomic mass is 32.2. The highest BCUT2D eigenvalue weighted by Gasteiger charge is 2.37. The standard InChI is InChI=1S/C25H28N2O6S/c1-34-13-10-21(23(28)27-11-12-32-15-22(27)24(29)30)26-25(31)33-14-20-18-8-4-2-6-16(18)17-7-3-5-9-19(17)20/h2-9,20-22H,10-15H2,1H3,(H,26,31)(H,29,30). The predicted octanol–water partition coefficient (Wildman–Crippen LogP) is 2.96. The molecule has 34 heavy (non-hydrogen) atoms. The Balaban J connectivity index is 1.44. The topological polar surface area (TPSA) is 105 Å². The van der Waals surface area contributed by atoms with E-state index in [4.69, 9.17) is 9.47 Å². The van der Waals surface area contributed by atoms with Crippen LogP contribution in [-0.2, 0) is 19.1 Å². The minimum absolute atomic E-state index is 0.0682. The van der Waals surface area contributed by atoms with Crippen LogP contribution in [0.25, 0.3) is 11.1 Å². The number of carbonyl (C=O) groups is 3. The molecule has 1 aliphatic carbocycles. The molecule has 8 nitrogen and oxygen atoms in total. The summed E-state index contributed by atoms with van der Waals surface area (Å²) >= 11 is 1.54. The number of hydrogen-bond donors (Lipinski definition) is 2. The number of thioether (sulfide) groups is 1. The van der Waals surface area contributed by atoms with Gasteiger partial charge in [0.05, 0.1) is 13.2 Å². The van der Waals surface area contributed by atoms with E-state index in [0.29, 0.717) is 12.2 Å². The molecule has 0 saturated carbocycles. The van der Waals surface area contributed by atoms with Crippen LogP contribution in [0.4, 0.5) is 4.79 Å². The zero-order chi connectivity index (χ0) is 24.1. The van der Waals surface area contributed by atoms with Crippen molar-refractivity contribution < 1.29 is 29.0 Å². The SMILES string of the molecule is CSCCC(NC(=O)OCC1c2ccccc2-c2ccccc21)C(=O)N1CCOCC1C(=O)O. The first-order valence-corrected chi connectivity index (χ1v) is 12.6. The van der Waals surface area contributed by atoms with Crippen LogP contribution < -0.4 is 5.32 Å². The summed E-state index contributed by atoms with van der Waals surface area (Å²) < 4.78 is 10.8. The highest BCUT2D eigenvalue weighted by Crippen LogP contribution is 2.44. The van der Waals surface area contributed by atoms with Gasteiger partial charge in [-0.25, -0.2) is 9.59 Å². The van der Waals surface area contributed by atoms with E-state index in [0.717, 1.165) is 22.3 Å². The zero-order valence-electron chi connectivity index (χ0n) is 18.9. The van der Waals surface area contributed by atoms with Crippen LogP contribution in [0.5, 0.6) is 0 Å². The number of carboxylic acids is 1. The number of amides is 2. The van der Waals surface area contributed by atoms with Crippen molar-refractivity contribution >= 4 is 29.7 Å². The van der Waals surface area contributed by atoms with E-state index in [9.17, 15) is 19.5 Å². The molecule has 4 rings (SSSR count). The van der Waals surface area contributed by atoms with Gasteiger partial charge in [0.25, 0.3) is 0 Å². The van der Waals surface area contributed by atoms with Gasteiger partial charge in [-0.05, 0) is 40.7 Å². The lowest BCUT2D eigenvalue weighted by molar-refractivity contribution is -0.159. The Bertz CT molecular complexity index is 1020. The van der Waals surface area contributed by atoms with E-state index in [1.165, 1.54) is 4.90 Å². The van der Waals surface area contributed by atoms with Gasteiger partial charge in [-0.15, -0.1) is 0 Å². The van der Waals surface area contributed by atoms with Crippen molar-refractivity contribution in [2.45, 2.75) is 24.4 Å². The van der Waals surface area contributed by atoms with Gasteiger partial charge in [-0.2, -0.15) is 11.8 Å². The normalized spacial score (nSPS) is 18.0. The Morgan fingerprint density at radius 2 is 1.79 bits per heavy atom. The highest BCUT2D eigenvalue weighted by molar-refractivity contribution is 7.98. The number of carboxylic acid groups (broad SMARTS) is 1. The Labute approximate surface area is 202 Å². The second-order valence-electron chi connectivity index (χ2n) is 8.26. The Hall–Kier alpha value is -3.04. The van der Waals surface area contributed by atoms with Crippen LogP contribution in [0.3, 0.4) is 0 Å². The molecule has 1 saturated heterocycles. The fraction of sp³-hybridized carbons (Fsp3) is 0.400. The minimum Gasteiger partial charge on any atom is -0.480 e. The fourth-order valence-electron chi connectivity index (χ4n) is 4.55. The number of morpholine rings is 1. The van der Waals surface area contributed by atoms with Gasteiger partial charge in [0.15, 0.2) is 6.04 Å². The molecule has 2 N–H and O–H groups in total. The summed E-state index contributed by atoms with van der Waals surface area (Å²) in [6.45, 7) is 0.494. The van der Waals surface area contributed by atoms with Gasteiger partial charge >= 0.3 is 12.1 Å². The number of carbonyl (C=O) groups excluding carboxylic acids is 2. The lowest BCUT2D eigenvalue weighted by Crippen LogP contribution is -2.58. The lowest BCUT2D eigenvalue weighted by atomic mass is 9.98. The number of aliphatic carboxylic acids is 1. The van der Waals surface area contributed by atoms with Crippen LogP contribution in [0, 0.1) is 0 Å². The molecule has 9 heteroatoms. The maximum absolute atomic E-state index is 13.2. The molecular formula is C25H28N2O6S. The number of ether oxygens (including phenoxy) is 2. The number of alkyl carbamates (subject to hydrolysis) is 1. The van der Waals surface area contributed by atoms with Gasteiger partial charge in [-0.3, -0.25) is 4.79 Å². The molecule has 2 atom stereocenters. The van der Waals surface area contributed by atoms with Crippen LogP contribution in [-0.4, -0.2) is 78.4 Å². The van der Waals surface area contributed by atoms with E-state index in [2.05, 4.69) is 17.4 Å². The molecule has 180 valence electrons. The van der Waals surface area contributed by atoms with Crippen molar-refractivity contribution in [3.63, 3.8) is 0 Å². The van der Waals surface area contributed by atoms with Gasteiger partial charge in [0, 0.05) is 12.5 Å². The average Bonchev–Trinajstić information content (AvgIpc) is 3.18. The third-order valence-electron chi connectivity index (χ3n) is 6.24. The van der Waals surface area contributed by atoms with Crippen LogP contribution in [0.2, 0.25) is 0 Å². The van der Waals surface area contributed by atoms with Gasteiger partial charge < -0.3 is 24.8 Å². The van der Waals surface area contributed by atoms with Crippen molar-refractivity contribution in [3.8, 4) is 11.1 Å². The summed E-state index contributed by atoms with van der Waals surface area (Å²) in [5, 5.41) is 12.2.